The topological polar surface area (TPSA) is 67.2 Å². The second-order valence-corrected chi connectivity index (χ2v) is 6.26. The summed E-state index contributed by atoms with van der Waals surface area (Å²) < 4.78 is 4.93. The van der Waals surface area contributed by atoms with E-state index >= 15 is 0 Å². The van der Waals surface area contributed by atoms with Crippen molar-refractivity contribution in [2.24, 2.45) is 5.41 Å². The largest absolute Gasteiger partial charge is 0.466 e. The Morgan fingerprint density at radius 1 is 1.23 bits per heavy atom. The molecule has 1 aromatic rings. The Hall–Kier alpha value is -2.15. The minimum absolute atomic E-state index is 0.165. The molecule has 22 heavy (non-hydrogen) atoms. The maximum absolute atomic E-state index is 12.4. The van der Waals surface area contributed by atoms with E-state index in [4.69, 9.17) is 4.74 Å². The molecule has 118 valence electrons. The minimum atomic E-state index is -0.790. The minimum Gasteiger partial charge on any atom is -0.466 e. The summed E-state index contributed by atoms with van der Waals surface area (Å²) >= 11 is 0. The molecule has 0 radical (unpaired) electrons. The maximum atomic E-state index is 12.4. The first-order chi connectivity index (χ1) is 10.3. The zero-order valence-corrected chi connectivity index (χ0v) is 13.7. The molecule has 1 unspecified atom stereocenters. The van der Waals surface area contributed by atoms with Crippen molar-refractivity contribution in [1.82, 2.24) is 0 Å². The molecule has 4 nitrogen and oxygen atoms in total. The number of carbonyl (C=O) groups excluding carboxylic acids is 2. The van der Waals surface area contributed by atoms with Crippen LogP contribution in [-0.4, -0.2) is 18.4 Å². The summed E-state index contributed by atoms with van der Waals surface area (Å²) in [5, 5.41) is 9.32. The summed E-state index contributed by atoms with van der Waals surface area (Å²) in [5.41, 5.74) is 1.25. The second-order valence-electron chi connectivity index (χ2n) is 6.26. The van der Waals surface area contributed by atoms with E-state index in [1.165, 1.54) is 0 Å². The predicted molar refractivity (Wildman–Crippen MR) is 84.2 cm³/mol. The lowest BCUT2D eigenvalue weighted by Gasteiger charge is -2.23. The van der Waals surface area contributed by atoms with E-state index in [-0.39, 0.29) is 24.6 Å². The van der Waals surface area contributed by atoms with Crippen LogP contribution in [0, 0.1) is 23.7 Å². The number of hydrogen-bond donors (Lipinski definition) is 0. The molecule has 0 amide bonds. The van der Waals surface area contributed by atoms with Crippen LogP contribution in [0.15, 0.2) is 24.3 Å². The average molecular weight is 301 g/mol. The number of nitriles is 1. The second kappa shape index (κ2) is 7.74. The van der Waals surface area contributed by atoms with Gasteiger partial charge in [-0.3, -0.25) is 9.59 Å². The van der Waals surface area contributed by atoms with Gasteiger partial charge in [-0.25, -0.2) is 0 Å². The number of benzene rings is 1. The normalized spacial score (nSPS) is 12.3. The molecule has 1 rings (SSSR count). The SMILES string of the molecule is CCOC(=O)CC(C)(C)CC(=O)C(C#N)c1ccc(C)cc1. The molecular formula is C18H23NO3. The summed E-state index contributed by atoms with van der Waals surface area (Å²) in [4.78, 5) is 24.0. The van der Waals surface area contributed by atoms with E-state index in [2.05, 4.69) is 6.07 Å². The average Bonchev–Trinajstić information content (AvgIpc) is 2.40. The monoisotopic (exact) mass is 301 g/mol. The number of hydrogen-bond acceptors (Lipinski definition) is 4. The molecule has 0 aliphatic rings. The fourth-order valence-corrected chi connectivity index (χ4v) is 2.33. The molecule has 0 fully saturated rings. The lowest BCUT2D eigenvalue weighted by molar-refractivity contribution is -0.145. The van der Waals surface area contributed by atoms with Gasteiger partial charge in [-0.1, -0.05) is 43.7 Å². The zero-order valence-electron chi connectivity index (χ0n) is 13.7. The van der Waals surface area contributed by atoms with Crippen molar-refractivity contribution in [3.63, 3.8) is 0 Å². The molecule has 0 aliphatic heterocycles. The Morgan fingerprint density at radius 3 is 2.32 bits per heavy atom. The van der Waals surface area contributed by atoms with Crippen LogP contribution < -0.4 is 0 Å². The van der Waals surface area contributed by atoms with Gasteiger partial charge >= 0.3 is 5.97 Å². The highest BCUT2D eigenvalue weighted by Gasteiger charge is 2.30. The quantitative estimate of drug-likeness (QED) is 0.722. The van der Waals surface area contributed by atoms with E-state index in [1.807, 2.05) is 32.9 Å². The van der Waals surface area contributed by atoms with Crippen molar-refractivity contribution in [2.75, 3.05) is 6.61 Å². The smallest absolute Gasteiger partial charge is 0.306 e. The third kappa shape index (κ3) is 5.33. The van der Waals surface area contributed by atoms with Gasteiger partial charge in [0.05, 0.1) is 19.1 Å². The Balaban J connectivity index is 2.78. The Kier molecular flexibility index (Phi) is 6.30. The number of nitrogens with zero attached hydrogens (tertiary/aromatic N) is 1. The highest BCUT2D eigenvalue weighted by atomic mass is 16.5. The van der Waals surface area contributed by atoms with E-state index < -0.39 is 11.3 Å². The highest BCUT2D eigenvalue weighted by molar-refractivity contribution is 5.89. The van der Waals surface area contributed by atoms with Crippen molar-refractivity contribution in [3.05, 3.63) is 35.4 Å². The number of carbonyl (C=O) groups is 2. The number of ketones is 1. The predicted octanol–water partition coefficient (Wildman–Crippen LogP) is 3.54. The Bertz CT molecular complexity index is 567. The van der Waals surface area contributed by atoms with E-state index in [1.54, 1.807) is 19.1 Å². The standard InChI is InChI=1S/C18H23NO3/c1-5-22-17(21)11-18(3,4)10-16(20)15(12-19)14-8-6-13(2)7-9-14/h6-9,15H,5,10-11H2,1-4H3. The van der Waals surface area contributed by atoms with Crippen LogP contribution in [-0.2, 0) is 14.3 Å². The van der Waals surface area contributed by atoms with Gasteiger partial charge in [0.15, 0.2) is 5.78 Å². The van der Waals surface area contributed by atoms with Gasteiger partial charge in [0.1, 0.15) is 5.92 Å². The fourth-order valence-electron chi connectivity index (χ4n) is 2.33. The summed E-state index contributed by atoms with van der Waals surface area (Å²) in [6.45, 7) is 7.71. The van der Waals surface area contributed by atoms with Crippen LogP contribution in [0.5, 0.6) is 0 Å². The van der Waals surface area contributed by atoms with Crippen molar-refractivity contribution < 1.29 is 14.3 Å². The number of ether oxygens (including phenoxy) is 1. The van der Waals surface area contributed by atoms with Gasteiger partial charge in [-0.15, -0.1) is 0 Å². The first-order valence-electron chi connectivity index (χ1n) is 7.43. The number of esters is 1. The lowest BCUT2D eigenvalue weighted by Crippen LogP contribution is -2.25. The molecule has 0 bridgehead atoms. The molecule has 0 N–H and O–H groups in total. The molecule has 0 aliphatic carbocycles. The fraction of sp³-hybridized carbons (Fsp3) is 0.500. The van der Waals surface area contributed by atoms with E-state index in [9.17, 15) is 14.9 Å². The number of Topliss-reactive ketones (excluding diaryl/α,β-unsaturated/α-hetero) is 1. The van der Waals surface area contributed by atoms with Gasteiger partial charge in [-0.05, 0) is 24.8 Å². The van der Waals surface area contributed by atoms with Gasteiger partial charge in [0.2, 0.25) is 0 Å². The van der Waals surface area contributed by atoms with Crippen LogP contribution in [0.4, 0.5) is 0 Å². The zero-order chi connectivity index (χ0) is 16.8. The van der Waals surface area contributed by atoms with Crippen LogP contribution in [0.3, 0.4) is 0 Å². The molecule has 0 spiro atoms. The summed E-state index contributed by atoms with van der Waals surface area (Å²) in [7, 11) is 0. The lowest BCUT2D eigenvalue weighted by atomic mass is 9.80. The first-order valence-corrected chi connectivity index (χ1v) is 7.43. The van der Waals surface area contributed by atoms with Gasteiger partial charge in [-0.2, -0.15) is 5.26 Å². The van der Waals surface area contributed by atoms with Crippen LogP contribution >= 0.6 is 0 Å². The van der Waals surface area contributed by atoms with Crippen molar-refractivity contribution in [3.8, 4) is 6.07 Å². The molecule has 0 saturated carbocycles. The number of rotatable bonds is 7. The molecule has 0 heterocycles. The van der Waals surface area contributed by atoms with E-state index in [0.717, 1.165) is 5.56 Å². The molecule has 0 aromatic heterocycles. The van der Waals surface area contributed by atoms with Crippen molar-refractivity contribution in [1.29, 1.82) is 5.26 Å². The van der Waals surface area contributed by atoms with Crippen molar-refractivity contribution in [2.45, 2.75) is 46.5 Å². The summed E-state index contributed by atoms with van der Waals surface area (Å²) in [6.07, 6.45) is 0.330. The highest BCUT2D eigenvalue weighted by Crippen LogP contribution is 2.30. The molecule has 1 atom stereocenters. The van der Waals surface area contributed by atoms with Gasteiger partial charge in [0.25, 0.3) is 0 Å². The summed E-state index contributed by atoms with van der Waals surface area (Å²) in [6, 6.07) is 9.45. The molecule has 4 heteroatoms. The first kappa shape index (κ1) is 17.9. The van der Waals surface area contributed by atoms with Crippen LogP contribution in [0.2, 0.25) is 0 Å². The van der Waals surface area contributed by atoms with Crippen molar-refractivity contribution >= 4 is 11.8 Å². The third-order valence-corrected chi connectivity index (χ3v) is 3.44. The Morgan fingerprint density at radius 2 is 1.82 bits per heavy atom. The maximum Gasteiger partial charge on any atom is 0.306 e. The van der Waals surface area contributed by atoms with Gasteiger partial charge in [0, 0.05) is 6.42 Å². The van der Waals surface area contributed by atoms with Gasteiger partial charge < -0.3 is 4.74 Å². The van der Waals surface area contributed by atoms with Crippen LogP contribution in [0.1, 0.15) is 50.7 Å². The Labute approximate surface area is 132 Å². The molecule has 1 aromatic carbocycles. The molecule has 0 saturated heterocycles. The molecular weight excluding hydrogens is 278 g/mol. The van der Waals surface area contributed by atoms with Crippen LogP contribution in [0.25, 0.3) is 0 Å². The number of aryl methyl sites for hydroxylation is 1. The summed E-state index contributed by atoms with van der Waals surface area (Å²) in [5.74, 6) is -1.27. The third-order valence-electron chi connectivity index (χ3n) is 3.44. The van der Waals surface area contributed by atoms with E-state index in [0.29, 0.717) is 12.2 Å².